The van der Waals surface area contributed by atoms with Crippen molar-refractivity contribution in [3.05, 3.63) is 0 Å². The maximum Gasteiger partial charge on any atom is 0.104 e. The maximum absolute atomic E-state index is 5.31. The molecule has 0 saturated carbocycles. The van der Waals surface area contributed by atoms with Crippen LogP contribution in [0.1, 0.15) is 6.92 Å². The molecule has 0 aromatic heterocycles. The van der Waals surface area contributed by atoms with Crippen LogP contribution in [0.15, 0.2) is 0 Å². The molecule has 0 aromatic rings. The van der Waals surface area contributed by atoms with Gasteiger partial charge in [-0.15, -0.1) is 0 Å². The number of epoxide rings is 1. The lowest BCUT2D eigenvalue weighted by Gasteiger charge is -2.08. The second kappa shape index (κ2) is 4.24. The van der Waals surface area contributed by atoms with Gasteiger partial charge in [-0.2, -0.15) is 0 Å². The number of nitrogens with one attached hydrogen (secondary N) is 1. The Hall–Kier alpha value is 0.310. The minimum Gasteiger partial charge on any atom is -0.377 e. The highest BCUT2D eigenvalue weighted by Gasteiger charge is 2.22. The fourth-order valence-electron chi connectivity index (χ4n) is 0.589. The Morgan fingerprint density at radius 3 is 3.10 bits per heavy atom. The van der Waals surface area contributed by atoms with Crippen LogP contribution >= 0.6 is 9.39 Å². The van der Waals surface area contributed by atoms with Gasteiger partial charge in [0.2, 0.25) is 0 Å². The molecule has 1 aliphatic rings. The molecule has 1 heterocycles. The van der Waals surface area contributed by atoms with Crippen molar-refractivity contribution >= 4 is 9.39 Å². The normalized spacial score (nSPS) is 26.4. The molecule has 0 amide bonds. The third kappa shape index (κ3) is 3.47. The minimum absolute atomic E-state index is 0.386. The molecule has 1 rings (SSSR count). The third-order valence-corrected chi connectivity index (χ3v) is 1.93. The Morgan fingerprint density at radius 2 is 2.60 bits per heavy atom. The molecule has 3 nitrogen and oxygen atoms in total. The lowest BCUT2D eigenvalue weighted by atomic mass is 10.4. The summed E-state index contributed by atoms with van der Waals surface area (Å²) in [5.41, 5.74) is 0. The van der Waals surface area contributed by atoms with Gasteiger partial charge in [0.1, 0.15) is 6.10 Å². The van der Waals surface area contributed by atoms with Crippen LogP contribution in [0, 0.1) is 0 Å². The van der Waals surface area contributed by atoms with Crippen LogP contribution in [0.4, 0.5) is 0 Å². The van der Waals surface area contributed by atoms with Gasteiger partial charge in [0.05, 0.1) is 19.8 Å². The molecule has 0 bridgehead atoms. The third-order valence-electron chi connectivity index (χ3n) is 1.36. The van der Waals surface area contributed by atoms with E-state index in [1.165, 1.54) is 0 Å². The van der Waals surface area contributed by atoms with E-state index in [9.17, 15) is 0 Å². The first-order chi connectivity index (χ1) is 4.83. The van der Waals surface area contributed by atoms with Crippen LogP contribution in [0.2, 0.25) is 0 Å². The van der Waals surface area contributed by atoms with E-state index < -0.39 is 0 Å². The highest BCUT2D eigenvalue weighted by molar-refractivity contribution is 7.13. The van der Waals surface area contributed by atoms with Crippen LogP contribution in [0.3, 0.4) is 0 Å². The average molecular weight is 163 g/mol. The Balaban J connectivity index is 1.83. The van der Waals surface area contributed by atoms with Crippen LogP contribution in [-0.4, -0.2) is 32.0 Å². The predicted octanol–water partition coefficient (Wildman–Crippen LogP) is 0.170. The summed E-state index contributed by atoms with van der Waals surface area (Å²) in [4.78, 5) is 0. The molecule has 1 saturated heterocycles. The van der Waals surface area contributed by atoms with Gasteiger partial charge in [0.25, 0.3) is 0 Å². The zero-order valence-electron chi connectivity index (χ0n) is 6.17. The molecule has 10 heavy (non-hydrogen) atoms. The Labute approximate surface area is 63.7 Å². The van der Waals surface area contributed by atoms with Crippen molar-refractivity contribution in [1.82, 2.24) is 5.09 Å². The van der Waals surface area contributed by atoms with Gasteiger partial charge in [-0.3, -0.25) is 5.09 Å². The van der Waals surface area contributed by atoms with Crippen LogP contribution in [-0.2, 0) is 9.47 Å². The second-order valence-electron chi connectivity index (χ2n) is 2.56. The second-order valence-corrected chi connectivity index (χ2v) is 2.89. The van der Waals surface area contributed by atoms with Crippen LogP contribution in [0.25, 0.3) is 0 Å². The lowest BCUT2D eigenvalue weighted by Crippen LogP contribution is -2.23. The molecule has 0 radical (unpaired) electrons. The number of hydrogen-bond donors (Lipinski definition) is 1. The van der Waals surface area contributed by atoms with Crippen molar-refractivity contribution in [3.63, 3.8) is 0 Å². The largest absolute Gasteiger partial charge is 0.377 e. The summed E-state index contributed by atoms with van der Waals surface area (Å²) in [6.45, 7) is 4.45. The summed E-state index contributed by atoms with van der Waals surface area (Å²) < 4.78 is 10.3. The lowest BCUT2D eigenvalue weighted by molar-refractivity contribution is 0.105. The molecular weight excluding hydrogens is 149 g/mol. The van der Waals surface area contributed by atoms with Crippen LogP contribution < -0.4 is 5.09 Å². The average Bonchev–Trinajstić information content (AvgIpc) is 2.71. The minimum atomic E-state index is 0.386. The maximum atomic E-state index is 5.31. The van der Waals surface area contributed by atoms with Gasteiger partial charge in [-0.1, -0.05) is 9.39 Å². The molecule has 0 spiro atoms. The summed E-state index contributed by atoms with van der Waals surface area (Å²) in [5.74, 6) is 0. The van der Waals surface area contributed by atoms with E-state index in [2.05, 4.69) is 21.4 Å². The molecule has 1 fully saturated rings. The standard InChI is InChI=1S/C6H14NO2P/c1-5(7-10)2-8-3-6-4-9-6/h5-7H,2-4,10H2,1H3. The quantitative estimate of drug-likeness (QED) is 0.463. The Bertz CT molecular complexity index is 97.7. The molecule has 1 aliphatic heterocycles. The van der Waals surface area contributed by atoms with Gasteiger partial charge in [0.15, 0.2) is 0 Å². The van der Waals surface area contributed by atoms with Gasteiger partial charge < -0.3 is 9.47 Å². The van der Waals surface area contributed by atoms with Crippen molar-refractivity contribution in [2.24, 2.45) is 0 Å². The predicted molar refractivity (Wildman–Crippen MR) is 42.9 cm³/mol. The first-order valence-corrected chi connectivity index (χ1v) is 4.06. The monoisotopic (exact) mass is 163 g/mol. The number of rotatable bonds is 5. The van der Waals surface area contributed by atoms with E-state index in [1.54, 1.807) is 0 Å². The molecule has 0 aliphatic carbocycles. The summed E-state index contributed by atoms with van der Waals surface area (Å²) >= 11 is 0. The van der Waals surface area contributed by atoms with E-state index >= 15 is 0 Å². The summed E-state index contributed by atoms with van der Waals surface area (Å²) in [7, 11) is 2.47. The van der Waals surface area contributed by atoms with Gasteiger partial charge in [-0.25, -0.2) is 0 Å². The van der Waals surface area contributed by atoms with Gasteiger partial charge >= 0.3 is 0 Å². The molecular formula is C6H14NO2P. The van der Waals surface area contributed by atoms with Crippen molar-refractivity contribution < 1.29 is 9.47 Å². The van der Waals surface area contributed by atoms with E-state index in [4.69, 9.17) is 9.47 Å². The Morgan fingerprint density at radius 1 is 1.90 bits per heavy atom. The first-order valence-electron chi connectivity index (χ1n) is 3.48. The van der Waals surface area contributed by atoms with Crippen molar-refractivity contribution in [3.8, 4) is 0 Å². The van der Waals surface area contributed by atoms with Crippen molar-refractivity contribution in [2.45, 2.75) is 19.1 Å². The zero-order valence-corrected chi connectivity index (χ0v) is 7.32. The number of hydrogen-bond acceptors (Lipinski definition) is 3. The SMILES string of the molecule is CC(COCC1CO1)NP. The molecule has 3 atom stereocenters. The first kappa shape index (κ1) is 8.41. The molecule has 1 N–H and O–H groups in total. The molecule has 0 aromatic carbocycles. The molecule has 4 heteroatoms. The topological polar surface area (TPSA) is 33.8 Å². The highest BCUT2D eigenvalue weighted by atomic mass is 31.0. The molecule has 3 unspecified atom stereocenters. The molecule has 60 valence electrons. The smallest absolute Gasteiger partial charge is 0.104 e. The van der Waals surface area contributed by atoms with E-state index in [1.807, 2.05) is 0 Å². The van der Waals surface area contributed by atoms with E-state index in [-0.39, 0.29) is 0 Å². The van der Waals surface area contributed by atoms with Crippen molar-refractivity contribution in [2.75, 3.05) is 19.8 Å². The van der Waals surface area contributed by atoms with Crippen molar-refractivity contribution in [1.29, 1.82) is 0 Å². The van der Waals surface area contributed by atoms with E-state index in [0.717, 1.165) is 19.8 Å². The van der Waals surface area contributed by atoms with E-state index in [0.29, 0.717) is 12.1 Å². The van der Waals surface area contributed by atoms with Crippen LogP contribution in [0.5, 0.6) is 0 Å². The van der Waals surface area contributed by atoms with Gasteiger partial charge in [0, 0.05) is 6.04 Å². The fourth-order valence-corrected chi connectivity index (χ4v) is 0.685. The zero-order chi connectivity index (χ0) is 7.40. The summed E-state index contributed by atoms with van der Waals surface area (Å²) in [6.07, 6.45) is 0.386. The Kier molecular flexibility index (Phi) is 3.57. The summed E-state index contributed by atoms with van der Waals surface area (Å²) in [6, 6.07) is 0.406. The fraction of sp³-hybridized carbons (Fsp3) is 1.00. The van der Waals surface area contributed by atoms with Gasteiger partial charge in [-0.05, 0) is 6.92 Å². The highest BCUT2D eigenvalue weighted by Crippen LogP contribution is 2.08. The number of ether oxygens (including phenoxy) is 2. The summed E-state index contributed by atoms with van der Waals surface area (Å²) in [5, 5.41) is 3.01.